The van der Waals surface area contributed by atoms with E-state index in [2.05, 4.69) is 10.1 Å². The average Bonchev–Trinajstić information content (AvgIpc) is 2.61. The summed E-state index contributed by atoms with van der Waals surface area (Å²) in [6.07, 6.45) is -4.43. The normalized spacial score (nSPS) is 25.2. The quantitative estimate of drug-likeness (QED) is 0.746. The standard InChI is InChI=1S/C18H19F4N3O4/c19-12-5-10(1-2-14(12)29-18(20,21)22)11-6-25(7-11)17(27)24-4-3-15-13(8-24)23-16(26)9-28-15/h1-2,5,11,13,15H,3-4,6-9H2,(H,23,26)/t13-,15+/m1/s1. The number of carbonyl (C=O) groups is 2. The summed E-state index contributed by atoms with van der Waals surface area (Å²) in [5.41, 5.74) is 0.507. The first-order chi connectivity index (χ1) is 13.7. The van der Waals surface area contributed by atoms with Crippen molar-refractivity contribution in [1.29, 1.82) is 0 Å². The fraction of sp³-hybridized carbons (Fsp3) is 0.556. The van der Waals surface area contributed by atoms with Gasteiger partial charge in [-0.05, 0) is 24.1 Å². The SMILES string of the molecule is O=C1CO[C@H]2CCN(C(=O)N3CC(c4ccc(OC(F)(F)F)c(F)c4)C3)C[C@H]2N1. The molecule has 0 bridgehead atoms. The van der Waals surface area contributed by atoms with E-state index >= 15 is 0 Å². The Balaban J connectivity index is 1.32. The lowest BCUT2D eigenvalue weighted by Crippen LogP contribution is -2.63. The van der Waals surface area contributed by atoms with Crippen LogP contribution in [0.5, 0.6) is 5.75 Å². The highest BCUT2D eigenvalue weighted by Crippen LogP contribution is 2.33. The highest BCUT2D eigenvalue weighted by Gasteiger charge is 2.40. The van der Waals surface area contributed by atoms with Crippen LogP contribution in [0.4, 0.5) is 22.4 Å². The van der Waals surface area contributed by atoms with E-state index < -0.39 is 17.9 Å². The molecular weight excluding hydrogens is 398 g/mol. The highest BCUT2D eigenvalue weighted by molar-refractivity contribution is 5.79. The topological polar surface area (TPSA) is 71.1 Å². The van der Waals surface area contributed by atoms with Crippen LogP contribution in [0.25, 0.3) is 0 Å². The molecule has 1 aromatic rings. The van der Waals surface area contributed by atoms with E-state index in [4.69, 9.17) is 4.74 Å². The summed E-state index contributed by atoms with van der Waals surface area (Å²) in [5, 5.41) is 2.83. The molecule has 0 spiro atoms. The van der Waals surface area contributed by atoms with Crippen molar-refractivity contribution >= 4 is 11.9 Å². The maximum Gasteiger partial charge on any atom is 0.573 e. The van der Waals surface area contributed by atoms with Gasteiger partial charge in [-0.2, -0.15) is 0 Å². The van der Waals surface area contributed by atoms with E-state index in [1.165, 1.54) is 6.07 Å². The summed E-state index contributed by atoms with van der Waals surface area (Å²) >= 11 is 0. The first-order valence-electron chi connectivity index (χ1n) is 9.19. The van der Waals surface area contributed by atoms with E-state index in [1.54, 1.807) is 9.80 Å². The Kier molecular flexibility index (Phi) is 5.01. The average molecular weight is 417 g/mol. The lowest BCUT2D eigenvalue weighted by atomic mass is 9.91. The van der Waals surface area contributed by atoms with Gasteiger partial charge < -0.3 is 24.6 Å². The number of nitrogens with one attached hydrogen (secondary N) is 1. The van der Waals surface area contributed by atoms with E-state index in [0.29, 0.717) is 38.2 Å². The summed E-state index contributed by atoms with van der Waals surface area (Å²) in [6, 6.07) is 2.91. The number of amides is 3. The van der Waals surface area contributed by atoms with E-state index in [-0.39, 0.29) is 36.6 Å². The second-order valence-corrected chi connectivity index (χ2v) is 7.38. The Hall–Kier alpha value is -2.56. The zero-order valence-corrected chi connectivity index (χ0v) is 15.2. The number of hydrogen-bond donors (Lipinski definition) is 1. The molecule has 0 aromatic heterocycles. The van der Waals surface area contributed by atoms with Gasteiger partial charge in [-0.25, -0.2) is 9.18 Å². The van der Waals surface area contributed by atoms with Crippen molar-refractivity contribution in [3.63, 3.8) is 0 Å². The van der Waals surface area contributed by atoms with Gasteiger partial charge in [-0.1, -0.05) is 6.07 Å². The molecule has 4 rings (SSSR count). The Bertz CT molecular complexity index is 813. The number of ether oxygens (including phenoxy) is 2. The van der Waals surface area contributed by atoms with E-state index in [9.17, 15) is 27.2 Å². The van der Waals surface area contributed by atoms with Gasteiger partial charge in [0.1, 0.15) is 6.61 Å². The van der Waals surface area contributed by atoms with Gasteiger partial charge >= 0.3 is 12.4 Å². The third-order valence-electron chi connectivity index (χ3n) is 5.40. The number of benzene rings is 1. The molecule has 3 amide bonds. The molecule has 1 N–H and O–H groups in total. The van der Waals surface area contributed by atoms with Crippen molar-refractivity contribution in [1.82, 2.24) is 15.1 Å². The Morgan fingerprint density at radius 2 is 1.97 bits per heavy atom. The largest absolute Gasteiger partial charge is 0.573 e. The fourth-order valence-corrected chi connectivity index (χ4v) is 3.90. The van der Waals surface area contributed by atoms with Crippen LogP contribution in [0, 0.1) is 5.82 Å². The molecule has 0 aliphatic carbocycles. The summed E-state index contributed by atoms with van der Waals surface area (Å²) in [7, 11) is 0. The van der Waals surface area contributed by atoms with E-state index in [1.807, 2.05) is 0 Å². The molecule has 3 aliphatic rings. The van der Waals surface area contributed by atoms with Gasteiger partial charge in [0.15, 0.2) is 11.6 Å². The summed E-state index contributed by atoms with van der Waals surface area (Å²) < 4.78 is 59.7. The number of halogens is 4. The number of piperidine rings is 1. The number of alkyl halides is 3. The molecule has 0 unspecified atom stereocenters. The third kappa shape index (κ3) is 4.24. The maximum absolute atomic E-state index is 13.9. The Labute approximate surface area is 163 Å². The second kappa shape index (κ2) is 7.36. The van der Waals surface area contributed by atoms with Crippen LogP contribution in [0.15, 0.2) is 18.2 Å². The number of fused-ring (bicyclic) bond motifs is 1. The minimum atomic E-state index is -4.96. The number of carbonyl (C=O) groups excluding carboxylic acids is 2. The number of likely N-dealkylation sites (tertiary alicyclic amines) is 2. The van der Waals surface area contributed by atoms with Crippen LogP contribution in [-0.4, -0.2) is 73.0 Å². The predicted molar refractivity (Wildman–Crippen MR) is 90.7 cm³/mol. The summed E-state index contributed by atoms with van der Waals surface area (Å²) in [5.74, 6) is -2.35. The molecule has 3 saturated heterocycles. The number of nitrogens with zero attached hydrogens (tertiary/aromatic N) is 2. The zero-order chi connectivity index (χ0) is 20.8. The highest BCUT2D eigenvalue weighted by atomic mass is 19.4. The fourth-order valence-electron chi connectivity index (χ4n) is 3.90. The van der Waals surface area contributed by atoms with Gasteiger partial charge in [0, 0.05) is 32.1 Å². The second-order valence-electron chi connectivity index (χ2n) is 7.38. The monoisotopic (exact) mass is 417 g/mol. The smallest absolute Gasteiger partial charge is 0.403 e. The van der Waals surface area contributed by atoms with Crippen LogP contribution in [0.2, 0.25) is 0 Å². The van der Waals surface area contributed by atoms with Crippen LogP contribution >= 0.6 is 0 Å². The number of rotatable bonds is 2. The van der Waals surface area contributed by atoms with E-state index in [0.717, 1.165) is 12.1 Å². The van der Waals surface area contributed by atoms with Crippen LogP contribution < -0.4 is 10.1 Å². The predicted octanol–water partition coefficient (Wildman–Crippen LogP) is 1.83. The van der Waals surface area contributed by atoms with Gasteiger partial charge in [0.05, 0.1) is 12.1 Å². The molecule has 0 saturated carbocycles. The molecular formula is C18H19F4N3O4. The molecule has 29 heavy (non-hydrogen) atoms. The molecule has 0 radical (unpaired) electrons. The van der Waals surface area contributed by atoms with Crippen molar-refractivity contribution in [3.8, 4) is 5.75 Å². The zero-order valence-electron chi connectivity index (χ0n) is 15.2. The van der Waals surface area contributed by atoms with Crippen molar-refractivity contribution in [2.45, 2.75) is 30.8 Å². The van der Waals surface area contributed by atoms with Crippen LogP contribution in [-0.2, 0) is 9.53 Å². The minimum absolute atomic E-state index is 0.0340. The minimum Gasteiger partial charge on any atom is -0.403 e. The molecule has 2 atom stereocenters. The third-order valence-corrected chi connectivity index (χ3v) is 5.40. The molecule has 3 fully saturated rings. The lowest BCUT2D eigenvalue weighted by molar-refractivity contribution is -0.275. The molecule has 3 heterocycles. The van der Waals surface area contributed by atoms with Crippen molar-refractivity contribution < 1.29 is 36.6 Å². The molecule has 158 valence electrons. The van der Waals surface area contributed by atoms with Crippen LogP contribution in [0.1, 0.15) is 17.9 Å². The summed E-state index contributed by atoms with van der Waals surface area (Å²) in [4.78, 5) is 27.4. The number of hydrogen-bond acceptors (Lipinski definition) is 4. The Morgan fingerprint density at radius 1 is 1.21 bits per heavy atom. The molecule has 3 aliphatic heterocycles. The van der Waals surface area contributed by atoms with Gasteiger partial charge in [-0.15, -0.1) is 13.2 Å². The van der Waals surface area contributed by atoms with Crippen molar-refractivity contribution in [2.24, 2.45) is 0 Å². The van der Waals surface area contributed by atoms with Gasteiger partial charge in [0.25, 0.3) is 0 Å². The Morgan fingerprint density at radius 3 is 2.66 bits per heavy atom. The maximum atomic E-state index is 13.9. The first-order valence-corrected chi connectivity index (χ1v) is 9.19. The van der Waals surface area contributed by atoms with Crippen LogP contribution in [0.3, 0.4) is 0 Å². The molecule has 11 heteroatoms. The molecule has 7 nitrogen and oxygen atoms in total. The van der Waals surface area contributed by atoms with Gasteiger partial charge in [0.2, 0.25) is 5.91 Å². The number of morpholine rings is 1. The van der Waals surface area contributed by atoms with Gasteiger partial charge in [-0.3, -0.25) is 4.79 Å². The number of urea groups is 1. The molecule has 1 aromatic carbocycles. The van der Waals surface area contributed by atoms with Crippen molar-refractivity contribution in [2.75, 3.05) is 32.8 Å². The summed E-state index contributed by atoms with van der Waals surface area (Å²) in [6.45, 7) is 1.58. The van der Waals surface area contributed by atoms with Crippen molar-refractivity contribution in [3.05, 3.63) is 29.6 Å². The first kappa shape index (κ1) is 19.7. The lowest BCUT2D eigenvalue weighted by Gasteiger charge is -2.46.